The molecule has 0 spiro atoms. The quantitative estimate of drug-likeness (QED) is 0.240. The first kappa shape index (κ1) is 27.6. The molecule has 1 saturated heterocycles. The predicted molar refractivity (Wildman–Crippen MR) is 137 cm³/mol. The number of aliphatic carboxylic acids is 2. The first-order valence-corrected chi connectivity index (χ1v) is 12.3. The third-order valence-corrected chi connectivity index (χ3v) is 6.15. The van der Waals surface area contributed by atoms with E-state index in [0.29, 0.717) is 29.9 Å². The molecule has 0 unspecified atom stereocenters. The molecule has 0 amide bonds. The van der Waals surface area contributed by atoms with Crippen LogP contribution in [0, 0.1) is 5.92 Å². The smallest absolute Gasteiger partial charge is 0.328 e. The van der Waals surface area contributed by atoms with Crippen molar-refractivity contribution < 1.29 is 33.9 Å². The zero-order valence-corrected chi connectivity index (χ0v) is 20.8. The lowest BCUT2D eigenvalue weighted by Gasteiger charge is -2.31. The van der Waals surface area contributed by atoms with Crippen LogP contribution < -0.4 is 4.74 Å². The van der Waals surface area contributed by atoms with Gasteiger partial charge in [-0.25, -0.2) is 9.59 Å². The molecular weight excluding hydrogens is 476 g/mol. The molecule has 1 aliphatic heterocycles. The summed E-state index contributed by atoms with van der Waals surface area (Å²) < 4.78 is 10.7. The Hall–Kier alpha value is -3.98. The van der Waals surface area contributed by atoms with Crippen LogP contribution in [0.1, 0.15) is 43.9 Å². The summed E-state index contributed by atoms with van der Waals surface area (Å²) in [5.74, 6) is -1.51. The maximum atomic E-state index is 11.5. The molecule has 9 nitrogen and oxygen atoms in total. The van der Waals surface area contributed by atoms with Crippen molar-refractivity contribution in [2.24, 2.45) is 5.92 Å². The summed E-state index contributed by atoms with van der Waals surface area (Å²) in [7, 11) is 0. The number of carbonyl (C=O) groups excluding carboxylic acids is 1. The summed E-state index contributed by atoms with van der Waals surface area (Å²) in [5, 5.41) is 20.9. The fourth-order valence-electron chi connectivity index (χ4n) is 4.18. The fraction of sp³-hybridized carbons (Fsp3) is 0.357. The molecule has 4 rings (SSSR count). The van der Waals surface area contributed by atoms with Gasteiger partial charge in [0.05, 0.1) is 5.69 Å². The molecule has 2 aromatic carbocycles. The van der Waals surface area contributed by atoms with E-state index in [9.17, 15) is 14.4 Å². The zero-order valence-electron chi connectivity index (χ0n) is 20.8. The minimum absolute atomic E-state index is 0.248. The summed E-state index contributed by atoms with van der Waals surface area (Å²) in [6.45, 7) is 5.14. The van der Waals surface area contributed by atoms with Gasteiger partial charge in [-0.05, 0) is 62.4 Å². The fourth-order valence-corrected chi connectivity index (χ4v) is 4.18. The number of carbonyl (C=O) groups is 3. The molecule has 2 heterocycles. The highest BCUT2D eigenvalue weighted by atomic mass is 16.5. The second-order valence-electron chi connectivity index (χ2n) is 8.87. The van der Waals surface area contributed by atoms with E-state index in [-0.39, 0.29) is 5.97 Å². The van der Waals surface area contributed by atoms with E-state index in [2.05, 4.69) is 40.4 Å². The number of carboxylic acids is 2. The number of hydrogen-bond acceptors (Lipinski definition) is 7. The van der Waals surface area contributed by atoms with E-state index in [1.165, 1.54) is 18.4 Å². The van der Waals surface area contributed by atoms with Crippen LogP contribution in [-0.2, 0) is 27.3 Å². The second-order valence-corrected chi connectivity index (χ2v) is 8.87. The third kappa shape index (κ3) is 9.20. The number of ether oxygens (including phenoxy) is 1. The molecule has 37 heavy (non-hydrogen) atoms. The number of benzene rings is 2. The number of hydrogen-bond donors (Lipinski definition) is 2. The van der Waals surface area contributed by atoms with Gasteiger partial charge in [-0.15, -0.1) is 0 Å². The number of carboxylic acid groups (broad SMARTS) is 2. The molecule has 0 aliphatic carbocycles. The van der Waals surface area contributed by atoms with Crippen LogP contribution in [0.5, 0.6) is 5.75 Å². The van der Waals surface area contributed by atoms with E-state index in [4.69, 9.17) is 19.5 Å². The average molecular weight is 509 g/mol. The maximum Gasteiger partial charge on any atom is 0.328 e. The summed E-state index contributed by atoms with van der Waals surface area (Å²) in [4.78, 5) is 33.1. The van der Waals surface area contributed by atoms with Crippen molar-refractivity contribution in [3.8, 4) is 5.75 Å². The van der Waals surface area contributed by atoms with Crippen molar-refractivity contribution in [2.45, 2.75) is 45.6 Å². The van der Waals surface area contributed by atoms with Gasteiger partial charge in [0.15, 0.2) is 5.58 Å². The molecule has 0 saturated carbocycles. The summed E-state index contributed by atoms with van der Waals surface area (Å²) in [6, 6.07) is 16.2. The van der Waals surface area contributed by atoms with Gasteiger partial charge in [0.25, 0.3) is 0 Å². The van der Waals surface area contributed by atoms with Crippen LogP contribution in [0.2, 0.25) is 0 Å². The van der Waals surface area contributed by atoms with Crippen molar-refractivity contribution in [3.05, 3.63) is 71.9 Å². The highest BCUT2D eigenvalue weighted by Gasteiger charge is 2.20. The number of rotatable bonds is 9. The zero-order chi connectivity index (χ0) is 26.6. The Morgan fingerprint density at radius 3 is 2.35 bits per heavy atom. The van der Waals surface area contributed by atoms with E-state index in [0.717, 1.165) is 49.5 Å². The standard InChI is InChI=1S/C24H28N2O3.C4H4O4/c1-2-24(27)28-20-9-10-21-22(25-29-23(21)16-20)11-8-18-12-14-26(15-13-18)17-19-6-4-3-5-7-19;5-3(6)1-2-4(7)8/h3-7,9-10,16,18H,2,8,11-15,17H2,1H3;1-2H,(H,5,6)(H,7,8)/b;2-1+. The lowest BCUT2D eigenvalue weighted by atomic mass is 9.91. The normalized spacial score (nSPS) is 14.3. The van der Waals surface area contributed by atoms with Gasteiger partial charge < -0.3 is 19.5 Å². The van der Waals surface area contributed by atoms with Crippen LogP contribution in [0.3, 0.4) is 0 Å². The Kier molecular flexibility index (Phi) is 10.4. The highest BCUT2D eigenvalue weighted by molar-refractivity contribution is 5.89. The summed E-state index contributed by atoms with van der Waals surface area (Å²) >= 11 is 0. The minimum Gasteiger partial charge on any atom is -0.478 e. The first-order chi connectivity index (χ1) is 17.8. The summed E-state index contributed by atoms with van der Waals surface area (Å²) in [6.07, 6.45) is 5.99. The average Bonchev–Trinajstić information content (AvgIpc) is 3.30. The van der Waals surface area contributed by atoms with Gasteiger partial charge >= 0.3 is 17.9 Å². The Morgan fingerprint density at radius 1 is 1.05 bits per heavy atom. The number of esters is 1. The van der Waals surface area contributed by atoms with Gasteiger partial charge in [0, 0.05) is 36.6 Å². The van der Waals surface area contributed by atoms with Gasteiger partial charge in [-0.2, -0.15) is 0 Å². The third-order valence-electron chi connectivity index (χ3n) is 6.15. The number of nitrogens with zero attached hydrogens (tertiary/aromatic N) is 2. The number of likely N-dealkylation sites (tertiary alicyclic amines) is 1. The molecule has 0 bridgehead atoms. The van der Waals surface area contributed by atoms with E-state index < -0.39 is 11.9 Å². The lowest BCUT2D eigenvalue weighted by Crippen LogP contribution is -2.33. The van der Waals surface area contributed by atoms with Gasteiger partial charge in [0.1, 0.15) is 5.75 Å². The number of fused-ring (bicyclic) bond motifs is 1. The van der Waals surface area contributed by atoms with Gasteiger partial charge in [-0.3, -0.25) is 9.69 Å². The van der Waals surface area contributed by atoms with Crippen LogP contribution in [0.15, 0.2) is 65.2 Å². The molecule has 1 fully saturated rings. The Morgan fingerprint density at radius 2 is 1.73 bits per heavy atom. The van der Waals surface area contributed by atoms with Crippen LogP contribution >= 0.6 is 0 Å². The second kappa shape index (κ2) is 13.9. The Labute approximate surface area is 215 Å². The predicted octanol–water partition coefficient (Wildman–Crippen LogP) is 4.70. The molecule has 3 aromatic rings. The van der Waals surface area contributed by atoms with Crippen molar-refractivity contribution in [2.75, 3.05) is 13.1 Å². The molecule has 9 heteroatoms. The largest absolute Gasteiger partial charge is 0.478 e. The van der Waals surface area contributed by atoms with Crippen LogP contribution in [0.4, 0.5) is 0 Å². The van der Waals surface area contributed by atoms with E-state index >= 15 is 0 Å². The molecule has 0 atom stereocenters. The SMILES string of the molecule is CCC(=O)Oc1ccc2c(CCC3CCN(Cc4ccccc4)CC3)noc2c1.O=C(O)/C=C/C(=O)O. The lowest BCUT2D eigenvalue weighted by molar-refractivity contribution is -0.134. The van der Waals surface area contributed by atoms with Crippen LogP contribution in [-0.4, -0.2) is 51.3 Å². The first-order valence-electron chi connectivity index (χ1n) is 12.3. The molecular formula is C28H32N2O7. The molecule has 1 aliphatic rings. The Balaban J connectivity index is 0.000000414. The monoisotopic (exact) mass is 508 g/mol. The number of aryl methyl sites for hydroxylation is 1. The Bertz CT molecular complexity index is 1200. The number of aromatic nitrogens is 1. The van der Waals surface area contributed by atoms with Gasteiger partial charge in [-0.1, -0.05) is 42.4 Å². The van der Waals surface area contributed by atoms with E-state index in [1.807, 2.05) is 12.1 Å². The van der Waals surface area contributed by atoms with Gasteiger partial charge in [0.2, 0.25) is 0 Å². The molecule has 1 aromatic heterocycles. The highest BCUT2D eigenvalue weighted by Crippen LogP contribution is 2.28. The topological polar surface area (TPSA) is 130 Å². The van der Waals surface area contributed by atoms with Crippen molar-refractivity contribution in [1.29, 1.82) is 0 Å². The molecule has 2 N–H and O–H groups in total. The minimum atomic E-state index is -1.26. The van der Waals surface area contributed by atoms with Crippen molar-refractivity contribution >= 4 is 28.9 Å². The molecule has 196 valence electrons. The maximum absolute atomic E-state index is 11.5. The van der Waals surface area contributed by atoms with Crippen molar-refractivity contribution in [3.63, 3.8) is 0 Å². The van der Waals surface area contributed by atoms with E-state index in [1.54, 1.807) is 13.0 Å². The van der Waals surface area contributed by atoms with Crippen molar-refractivity contribution in [1.82, 2.24) is 10.1 Å². The summed E-state index contributed by atoms with van der Waals surface area (Å²) in [5.41, 5.74) is 3.07. The number of piperidine rings is 1. The van der Waals surface area contributed by atoms with Crippen LogP contribution in [0.25, 0.3) is 11.0 Å². The molecule has 0 radical (unpaired) electrons.